The van der Waals surface area contributed by atoms with Gasteiger partial charge in [0.2, 0.25) is 5.95 Å². The molecule has 0 bridgehead atoms. The summed E-state index contributed by atoms with van der Waals surface area (Å²) in [7, 11) is 0. The number of hydrogen-bond donors (Lipinski definition) is 2. The Balaban J connectivity index is 1.80. The van der Waals surface area contributed by atoms with Crippen LogP contribution in [0.3, 0.4) is 0 Å². The van der Waals surface area contributed by atoms with Gasteiger partial charge < -0.3 is 11.1 Å². The highest BCUT2D eigenvalue weighted by molar-refractivity contribution is 5.94. The van der Waals surface area contributed by atoms with Crippen molar-refractivity contribution in [2.45, 2.75) is 26.2 Å². The van der Waals surface area contributed by atoms with Gasteiger partial charge in [-0.05, 0) is 56.8 Å². The van der Waals surface area contributed by atoms with E-state index < -0.39 is 0 Å². The van der Waals surface area contributed by atoms with Crippen molar-refractivity contribution in [2.24, 2.45) is 5.92 Å². The standard InChI is InChI=1S/C17H21N5/c1-11-3-2-4-14-15(11)21-17(18)22-10-13(20-16(14)22)9-12-5-7-19-8-6-12/h2-4,10,12,19H,5-9H2,1H3,(H2,18,21). The molecule has 0 spiro atoms. The number of nitrogens with zero attached hydrogens (tertiary/aromatic N) is 3. The van der Waals surface area contributed by atoms with Gasteiger partial charge in [0.15, 0.2) is 0 Å². The third-order valence-corrected chi connectivity index (χ3v) is 4.66. The first-order valence-electron chi connectivity index (χ1n) is 7.96. The summed E-state index contributed by atoms with van der Waals surface area (Å²) in [4.78, 5) is 9.41. The van der Waals surface area contributed by atoms with E-state index in [1.807, 2.05) is 4.40 Å². The van der Waals surface area contributed by atoms with Crippen LogP contribution in [0.4, 0.5) is 5.95 Å². The molecule has 0 unspecified atom stereocenters. The van der Waals surface area contributed by atoms with E-state index in [2.05, 4.69) is 41.6 Å². The second-order valence-electron chi connectivity index (χ2n) is 6.26. The number of benzene rings is 1. The van der Waals surface area contributed by atoms with Crippen molar-refractivity contribution in [1.82, 2.24) is 19.7 Å². The van der Waals surface area contributed by atoms with Crippen LogP contribution in [0, 0.1) is 12.8 Å². The Morgan fingerprint density at radius 3 is 2.91 bits per heavy atom. The molecule has 0 saturated carbocycles. The van der Waals surface area contributed by atoms with Crippen molar-refractivity contribution < 1.29 is 0 Å². The Kier molecular flexibility index (Phi) is 3.22. The van der Waals surface area contributed by atoms with E-state index in [1.165, 1.54) is 12.8 Å². The predicted molar refractivity (Wildman–Crippen MR) is 88.9 cm³/mol. The molecule has 114 valence electrons. The van der Waals surface area contributed by atoms with Crippen LogP contribution in [-0.2, 0) is 6.42 Å². The normalized spacial score (nSPS) is 16.6. The molecule has 0 amide bonds. The summed E-state index contributed by atoms with van der Waals surface area (Å²) in [5, 5.41) is 4.49. The molecule has 1 saturated heterocycles. The number of fused-ring (bicyclic) bond motifs is 3. The monoisotopic (exact) mass is 295 g/mol. The van der Waals surface area contributed by atoms with Gasteiger partial charge in [0.1, 0.15) is 5.65 Å². The first-order chi connectivity index (χ1) is 10.7. The zero-order chi connectivity index (χ0) is 15.1. The van der Waals surface area contributed by atoms with Crippen molar-refractivity contribution in [3.63, 3.8) is 0 Å². The lowest BCUT2D eigenvalue weighted by Gasteiger charge is -2.21. The zero-order valence-electron chi connectivity index (χ0n) is 12.8. The smallest absolute Gasteiger partial charge is 0.206 e. The number of hydrogen-bond acceptors (Lipinski definition) is 4. The fourth-order valence-electron chi connectivity index (χ4n) is 3.43. The number of aryl methyl sites for hydroxylation is 1. The molecule has 2 aromatic heterocycles. The van der Waals surface area contributed by atoms with E-state index in [1.54, 1.807) is 0 Å². The SMILES string of the molecule is Cc1cccc2c1nc(N)n1cc(CC3CCNCC3)nc21. The molecule has 1 aliphatic rings. The van der Waals surface area contributed by atoms with E-state index >= 15 is 0 Å². The number of para-hydroxylation sites is 1. The average Bonchev–Trinajstić information content (AvgIpc) is 2.94. The third kappa shape index (κ3) is 2.22. The van der Waals surface area contributed by atoms with Crippen LogP contribution in [0.5, 0.6) is 0 Å². The van der Waals surface area contributed by atoms with Gasteiger partial charge in [0.25, 0.3) is 0 Å². The maximum atomic E-state index is 6.14. The fraction of sp³-hybridized carbons (Fsp3) is 0.412. The number of piperidine rings is 1. The highest BCUT2D eigenvalue weighted by Gasteiger charge is 2.17. The molecular formula is C17H21N5. The number of rotatable bonds is 2. The molecule has 5 heteroatoms. The minimum Gasteiger partial charge on any atom is -0.369 e. The van der Waals surface area contributed by atoms with Gasteiger partial charge in [-0.25, -0.2) is 9.97 Å². The van der Waals surface area contributed by atoms with Crippen LogP contribution >= 0.6 is 0 Å². The minimum absolute atomic E-state index is 0.515. The number of aromatic nitrogens is 3. The summed E-state index contributed by atoms with van der Waals surface area (Å²) < 4.78 is 1.93. The first kappa shape index (κ1) is 13.5. The van der Waals surface area contributed by atoms with Gasteiger partial charge in [-0.3, -0.25) is 4.40 Å². The molecule has 0 radical (unpaired) electrons. The molecule has 3 aromatic rings. The first-order valence-corrected chi connectivity index (χ1v) is 7.96. The molecule has 0 atom stereocenters. The van der Waals surface area contributed by atoms with Gasteiger partial charge in [-0.1, -0.05) is 12.1 Å². The average molecular weight is 295 g/mol. The molecule has 1 fully saturated rings. The molecule has 3 N–H and O–H groups in total. The van der Waals surface area contributed by atoms with Crippen molar-refractivity contribution in [3.05, 3.63) is 35.7 Å². The number of imidazole rings is 1. The Morgan fingerprint density at radius 2 is 2.09 bits per heavy atom. The predicted octanol–water partition coefficient (Wildman–Crippen LogP) is 2.32. The summed E-state index contributed by atoms with van der Waals surface area (Å²) in [6.45, 7) is 4.29. The maximum Gasteiger partial charge on any atom is 0.206 e. The van der Waals surface area contributed by atoms with E-state index in [4.69, 9.17) is 10.7 Å². The lowest BCUT2D eigenvalue weighted by molar-refractivity contribution is 0.370. The Bertz CT molecular complexity index is 830. The lowest BCUT2D eigenvalue weighted by atomic mass is 9.93. The van der Waals surface area contributed by atoms with Crippen LogP contribution < -0.4 is 11.1 Å². The topological polar surface area (TPSA) is 68.2 Å². The summed E-state index contributed by atoms with van der Waals surface area (Å²) in [6, 6.07) is 6.19. The van der Waals surface area contributed by atoms with Crippen LogP contribution in [-0.4, -0.2) is 27.5 Å². The minimum atomic E-state index is 0.515. The van der Waals surface area contributed by atoms with E-state index in [0.29, 0.717) is 11.9 Å². The molecule has 1 aliphatic heterocycles. The molecule has 5 nitrogen and oxygen atoms in total. The van der Waals surface area contributed by atoms with Crippen LogP contribution in [0.2, 0.25) is 0 Å². The maximum absolute atomic E-state index is 6.14. The largest absolute Gasteiger partial charge is 0.369 e. The van der Waals surface area contributed by atoms with Gasteiger partial charge in [0, 0.05) is 11.6 Å². The van der Waals surface area contributed by atoms with E-state index in [-0.39, 0.29) is 0 Å². The second kappa shape index (κ2) is 5.25. The summed E-state index contributed by atoms with van der Waals surface area (Å²) in [5.41, 5.74) is 10.3. The van der Waals surface area contributed by atoms with Crippen molar-refractivity contribution in [3.8, 4) is 0 Å². The molecule has 1 aromatic carbocycles. The number of nitrogen functional groups attached to an aromatic ring is 1. The van der Waals surface area contributed by atoms with Crippen molar-refractivity contribution >= 4 is 22.5 Å². The number of nitrogens with two attached hydrogens (primary N) is 1. The zero-order valence-corrected chi connectivity index (χ0v) is 12.8. The lowest BCUT2D eigenvalue weighted by Crippen LogP contribution is -2.28. The van der Waals surface area contributed by atoms with Gasteiger partial charge in [0.05, 0.1) is 11.2 Å². The summed E-state index contributed by atoms with van der Waals surface area (Å²) in [5.74, 6) is 1.23. The summed E-state index contributed by atoms with van der Waals surface area (Å²) in [6.07, 6.45) is 5.53. The molecular weight excluding hydrogens is 274 g/mol. The Hall–Kier alpha value is -2.14. The molecule has 0 aliphatic carbocycles. The van der Waals surface area contributed by atoms with Gasteiger partial charge in [-0.15, -0.1) is 0 Å². The second-order valence-corrected chi connectivity index (χ2v) is 6.26. The Labute approximate surface area is 129 Å². The molecule has 22 heavy (non-hydrogen) atoms. The van der Waals surface area contributed by atoms with Gasteiger partial charge in [-0.2, -0.15) is 0 Å². The highest BCUT2D eigenvalue weighted by Crippen LogP contribution is 2.25. The molecule has 4 rings (SSSR count). The van der Waals surface area contributed by atoms with E-state index in [0.717, 1.165) is 47.3 Å². The third-order valence-electron chi connectivity index (χ3n) is 4.66. The highest BCUT2D eigenvalue weighted by atomic mass is 15.1. The van der Waals surface area contributed by atoms with Crippen LogP contribution in [0.25, 0.3) is 16.6 Å². The fourth-order valence-corrected chi connectivity index (χ4v) is 3.43. The number of anilines is 1. The molecule has 3 heterocycles. The van der Waals surface area contributed by atoms with Gasteiger partial charge >= 0.3 is 0 Å². The van der Waals surface area contributed by atoms with E-state index in [9.17, 15) is 0 Å². The number of nitrogens with one attached hydrogen (secondary N) is 1. The van der Waals surface area contributed by atoms with Crippen LogP contribution in [0.15, 0.2) is 24.4 Å². The van der Waals surface area contributed by atoms with Crippen LogP contribution in [0.1, 0.15) is 24.1 Å². The summed E-state index contributed by atoms with van der Waals surface area (Å²) >= 11 is 0. The van der Waals surface area contributed by atoms with Crippen molar-refractivity contribution in [1.29, 1.82) is 0 Å². The Morgan fingerprint density at radius 1 is 1.27 bits per heavy atom. The quantitative estimate of drug-likeness (QED) is 0.761. The van der Waals surface area contributed by atoms with Crippen molar-refractivity contribution in [2.75, 3.05) is 18.8 Å².